The van der Waals surface area contributed by atoms with Crippen molar-refractivity contribution in [2.24, 2.45) is 23.7 Å². The van der Waals surface area contributed by atoms with Gasteiger partial charge < -0.3 is 4.74 Å². The summed E-state index contributed by atoms with van der Waals surface area (Å²) in [6.45, 7) is 0. The predicted molar refractivity (Wildman–Crippen MR) is 119 cm³/mol. The summed E-state index contributed by atoms with van der Waals surface area (Å²) in [6, 6.07) is 16.0. The number of alkyl halides is 2. The van der Waals surface area contributed by atoms with E-state index >= 15 is 0 Å². The summed E-state index contributed by atoms with van der Waals surface area (Å²) < 4.78 is 5.47. The molecular formula is C23H19Br2NO4. The highest BCUT2D eigenvalue weighted by atomic mass is 79.9. The summed E-state index contributed by atoms with van der Waals surface area (Å²) >= 11 is 7.40. The standard InChI is InChI=1S/C23H19Br2NO4/c24-20-15-11-16(21(20)25)19-18(15)22(28)26(23(19)29)13-7-4-8-14(10-13)30-17(27)9-12-5-2-1-3-6-12/h1-8,10,15-16,18-21H,9,11H2/t15-,16-,18-,19-,20-,21+/m1/s1. The second kappa shape index (κ2) is 7.61. The van der Waals surface area contributed by atoms with Gasteiger partial charge in [0.1, 0.15) is 5.75 Å². The van der Waals surface area contributed by atoms with Gasteiger partial charge in [-0.05, 0) is 36.0 Å². The van der Waals surface area contributed by atoms with Gasteiger partial charge in [0.2, 0.25) is 11.8 Å². The molecule has 1 saturated heterocycles. The molecule has 0 aromatic heterocycles. The van der Waals surface area contributed by atoms with E-state index in [1.807, 2.05) is 30.3 Å². The largest absolute Gasteiger partial charge is 0.426 e. The molecule has 2 aromatic carbocycles. The number of ether oxygens (including phenoxy) is 1. The molecule has 0 radical (unpaired) electrons. The average Bonchev–Trinajstić information content (AvgIpc) is 3.33. The first kappa shape index (κ1) is 19.9. The van der Waals surface area contributed by atoms with Crippen LogP contribution >= 0.6 is 31.9 Å². The van der Waals surface area contributed by atoms with E-state index in [9.17, 15) is 14.4 Å². The van der Waals surface area contributed by atoms with Crippen molar-refractivity contribution in [2.75, 3.05) is 4.90 Å². The Morgan fingerprint density at radius 3 is 2.20 bits per heavy atom. The Morgan fingerprint density at radius 2 is 1.57 bits per heavy atom. The number of hydrogen-bond acceptors (Lipinski definition) is 4. The Balaban J connectivity index is 1.35. The molecule has 5 nitrogen and oxygen atoms in total. The molecule has 0 N–H and O–H groups in total. The summed E-state index contributed by atoms with van der Waals surface area (Å²) in [5.74, 6) is -0.573. The van der Waals surface area contributed by atoms with E-state index in [0.29, 0.717) is 11.4 Å². The number of halogens is 2. The summed E-state index contributed by atoms with van der Waals surface area (Å²) in [6.07, 6.45) is 1.04. The van der Waals surface area contributed by atoms with Crippen LogP contribution < -0.4 is 9.64 Å². The second-order valence-electron chi connectivity index (χ2n) is 8.15. The Morgan fingerprint density at radius 1 is 0.933 bits per heavy atom. The first-order chi connectivity index (χ1) is 14.5. The van der Waals surface area contributed by atoms with Crippen LogP contribution in [-0.4, -0.2) is 27.4 Å². The number of rotatable bonds is 4. The van der Waals surface area contributed by atoms with Gasteiger partial charge in [-0.25, -0.2) is 4.90 Å². The molecule has 1 heterocycles. The Bertz CT molecular complexity index is 995. The number of nitrogens with zero attached hydrogens (tertiary/aromatic N) is 1. The van der Waals surface area contributed by atoms with Gasteiger partial charge in [0, 0.05) is 15.7 Å². The van der Waals surface area contributed by atoms with Crippen LogP contribution in [0.25, 0.3) is 0 Å². The Hall–Kier alpha value is -1.99. The van der Waals surface area contributed by atoms with Crippen LogP contribution in [0.5, 0.6) is 5.75 Å². The van der Waals surface area contributed by atoms with Crippen LogP contribution in [0.15, 0.2) is 54.6 Å². The van der Waals surface area contributed by atoms with E-state index in [4.69, 9.17) is 4.74 Å². The minimum absolute atomic E-state index is 0.144. The SMILES string of the molecule is O=C(Cc1ccccc1)Oc1cccc(N2C(=O)[C@@H]3[C@H]4C[C@@H]([C@@H](Br)[C@H]4Br)[C@H]3C2=O)c1. The highest BCUT2D eigenvalue weighted by Crippen LogP contribution is 2.60. The summed E-state index contributed by atoms with van der Waals surface area (Å²) in [5.41, 5.74) is 1.32. The minimum Gasteiger partial charge on any atom is -0.426 e. The Labute approximate surface area is 191 Å². The zero-order valence-electron chi connectivity index (χ0n) is 15.9. The first-order valence-electron chi connectivity index (χ1n) is 9.96. The van der Waals surface area contributed by atoms with Crippen LogP contribution in [-0.2, 0) is 20.8 Å². The molecule has 7 heteroatoms. The van der Waals surface area contributed by atoms with E-state index in [1.54, 1.807) is 24.3 Å². The molecule has 2 saturated carbocycles. The van der Waals surface area contributed by atoms with Gasteiger partial charge in [-0.2, -0.15) is 0 Å². The average molecular weight is 533 g/mol. The fourth-order valence-corrected chi connectivity index (χ4v) is 7.09. The van der Waals surface area contributed by atoms with E-state index < -0.39 is 5.97 Å². The molecule has 154 valence electrons. The van der Waals surface area contributed by atoms with Crippen molar-refractivity contribution in [2.45, 2.75) is 22.5 Å². The van der Waals surface area contributed by atoms with Gasteiger partial charge in [-0.1, -0.05) is 68.3 Å². The molecule has 2 bridgehead atoms. The lowest BCUT2D eigenvalue weighted by Crippen LogP contribution is -2.37. The van der Waals surface area contributed by atoms with Crippen molar-refractivity contribution in [3.05, 3.63) is 60.2 Å². The number of imide groups is 1. The second-order valence-corrected chi connectivity index (χ2v) is 10.3. The molecule has 0 spiro atoms. The van der Waals surface area contributed by atoms with Crippen LogP contribution in [0, 0.1) is 23.7 Å². The van der Waals surface area contributed by atoms with E-state index in [2.05, 4.69) is 31.9 Å². The fraction of sp³-hybridized carbons (Fsp3) is 0.348. The van der Waals surface area contributed by atoms with Gasteiger partial charge in [-0.15, -0.1) is 0 Å². The molecule has 30 heavy (non-hydrogen) atoms. The number of anilines is 1. The topological polar surface area (TPSA) is 63.7 Å². The molecule has 1 aliphatic heterocycles. The van der Waals surface area contributed by atoms with Crippen LogP contribution in [0.1, 0.15) is 12.0 Å². The smallest absolute Gasteiger partial charge is 0.315 e. The molecule has 2 amide bonds. The summed E-state index contributed by atoms with van der Waals surface area (Å²) in [4.78, 5) is 40.3. The number of fused-ring (bicyclic) bond motifs is 5. The summed E-state index contributed by atoms with van der Waals surface area (Å²) in [7, 11) is 0. The minimum atomic E-state index is -0.392. The normalized spacial score (nSPS) is 31.9. The van der Waals surface area contributed by atoms with E-state index in [0.717, 1.165) is 12.0 Å². The van der Waals surface area contributed by atoms with Crippen molar-refractivity contribution in [3.8, 4) is 5.75 Å². The number of esters is 1. The maximum atomic E-state index is 13.2. The number of carbonyl (C=O) groups is 3. The molecule has 2 aromatic rings. The van der Waals surface area contributed by atoms with Crippen molar-refractivity contribution < 1.29 is 19.1 Å². The zero-order chi connectivity index (χ0) is 21.0. The molecular weight excluding hydrogens is 514 g/mol. The molecule has 5 rings (SSSR count). The highest BCUT2D eigenvalue weighted by molar-refractivity contribution is 9.12. The van der Waals surface area contributed by atoms with Gasteiger partial charge in [0.15, 0.2) is 0 Å². The van der Waals surface area contributed by atoms with E-state index in [-0.39, 0.29) is 51.6 Å². The highest BCUT2D eigenvalue weighted by Gasteiger charge is 2.66. The molecule has 2 aliphatic carbocycles. The molecule has 6 atom stereocenters. The number of hydrogen-bond donors (Lipinski definition) is 0. The van der Waals surface area contributed by atoms with Crippen molar-refractivity contribution in [1.82, 2.24) is 0 Å². The Kier molecular flexibility index (Phi) is 5.06. The fourth-order valence-electron chi connectivity index (χ4n) is 5.22. The zero-order valence-corrected chi connectivity index (χ0v) is 19.1. The number of carbonyl (C=O) groups excluding carboxylic acids is 3. The lowest BCUT2D eigenvalue weighted by atomic mass is 9.81. The van der Waals surface area contributed by atoms with E-state index in [1.165, 1.54) is 4.90 Å². The third-order valence-corrected chi connectivity index (χ3v) is 9.69. The van der Waals surface area contributed by atoms with Crippen LogP contribution in [0.4, 0.5) is 5.69 Å². The van der Waals surface area contributed by atoms with Crippen LogP contribution in [0.2, 0.25) is 0 Å². The van der Waals surface area contributed by atoms with Crippen LogP contribution in [0.3, 0.4) is 0 Å². The third kappa shape index (κ3) is 3.14. The number of amides is 2. The maximum absolute atomic E-state index is 13.2. The molecule has 0 unspecified atom stereocenters. The number of benzene rings is 2. The molecule has 3 fully saturated rings. The quantitative estimate of drug-likeness (QED) is 0.257. The van der Waals surface area contributed by atoms with Gasteiger partial charge >= 0.3 is 5.97 Å². The van der Waals surface area contributed by atoms with Gasteiger partial charge in [-0.3, -0.25) is 14.4 Å². The summed E-state index contributed by atoms with van der Waals surface area (Å²) in [5, 5.41) is 0. The van der Waals surface area contributed by atoms with Gasteiger partial charge in [0.05, 0.1) is 23.9 Å². The van der Waals surface area contributed by atoms with Gasteiger partial charge in [0.25, 0.3) is 0 Å². The third-order valence-electron chi connectivity index (χ3n) is 6.49. The van der Waals surface area contributed by atoms with Crippen molar-refractivity contribution in [3.63, 3.8) is 0 Å². The first-order valence-corrected chi connectivity index (χ1v) is 11.8. The molecule has 3 aliphatic rings. The lowest BCUT2D eigenvalue weighted by molar-refractivity contribution is -0.133. The monoisotopic (exact) mass is 531 g/mol. The lowest BCUT2D eigenvalue weighted by Gasteiger charge is -2.28. The predicted octanol–water partition coefficient (Wildman–Crippen LogP) is 4.12. The van der Waals surface area contributed by atoms with Crippen molar-refractivity contribution in [1.29, 1.82) is 0 Å². The van der Waals surface area contributed by atoms with Crippen molar-refractivity contribution >= 4 is 55.3 Å². The maximum Gasteiger partial charge on any atom is 0.315 e.